The number of dihydropyridines is 1. The van der Waals surface area contributed by atoms with Crippen LogP contribution in [0.4, 0.5) is 0 Å². The Balaban J connectivity index is 2.21. The molecule has 0 amide bonds. The van der Waals surface area contributed by atoms with Crippen LogP contribution in [0.3, 0.4) is 0 Å². The maximum absolute atomic E-state index is 4.25. The maximum Gasteiger partial charge on any atom is 0.0492 e. The molecule has 66 valence electrons. The number of aliphatic imine (C=N–C) groups is 1. The summed E-state index contributed by atoms with van der Waals surface area (Å²) < 4.78 is 0. The van der Waals surface area contributed by atoms with Crippen molar-refractivity contribution >= 4 is 6.21 Å². The normalized spacial score (nSPS) is 20.5. The fraction of sp³-hybridized carbons (Fsp3) is 0.250. The van der Waals surface area contributed by atoms with Gasteiger partial charge in [0, 0.05) is 18.7 Å². The van der Waals surface area contributed by atoms with Crippen molar-refractivity contribution in [1.29, 1.82) is 0 Å². The summed E-state index contributed by atoms with van der Waals surface area (Å²) in [5.41, 5.74) is 2.67. The molecule has 1 aromatic rings. The van der Waals surface area contributed by atoms with Gasteiger partial charge in [-0.05, 0) is 18.6 Å². The van der Waals surface area contributed by atoms with Gasteiger partial charge in [-0.25, -0.2) is 0 Å². The quantitative estimate of drug-likeness (QED) is 0.616. The van der Waals surface area contributed by atoms with Gasteiger partial charge in [-0.1, -0.05) is 35.9 Å². The average Bonchev–Trinajstić information content (AvgIpc) is 2.20. The molecule has 0 N–H and O–H groups in total. The SMILES string of the molecule is Cc1ccc(C2C=CC=NC2)cc1. The lowest BCUT2D eigenvalue weighted by molar-refractivity contribution is 0.845. The van der Waals surface area contributed by atoms with Gasteiger partial charge in [-0.3, -0.25) is 4.99 Å². The molecular formula is C12H13N. The first-order chi connectivity index (χ1) is 6.36. The van der Waals surface area contributed by atoms with E-state index in [2.05, 4.69) is 42.3 Å². The smallest absolute Gasteiger partial charge is 0.0492 e. The van der Waals surface area contributed by atoms with E-state index < -0.39 is 0 Å². The third kappa shape index (κ3) is 1.86. The van der Waals surface area contributed by atoms with E-state index in [0.29, 0.717) is 5.92 Å². The van der Waals surface area contributed by atoms with E-state index in [-0.39, 0.29) is 0 Å². The molecule has 1 heteroatoms. The van der Waals surface area contributed by atoms with E-state index >= 15 is 0 Å². The molecule has 0 saturated carbocycles. The van der Waals surface area contributed by atoms with Crippen LogP contribution >= 0.6 is 0 Å². The van der Waals surface area contributed by atoms with Crippen molar-refractivity contribution in [3.8, 4) is 0 Å². The third-order valence-corrected chi connectivity index (χ3v) is 2.34. The maximum atomic E-state index is 4.25. The van der Waals surface area contributed by atoms with Crippen LogP contribution in [0.25, 0.3) is 0 Å². The molecule has 0 saturated heterocycles. The number of benzene rings is 1. The largest absolute Gasteiger partial charge is 0.292 e. The average molecular weight is 171 g/mol. The van der Waals surface area contributed by atoms with E-state index in [1.54, 1.807) is 0 Å². The van der Waals surface area contributed by atoms with E-state index in [1.807, 2.05) is 12.3 Å². The summed E-state index contributed by atoms with van der Waals surface area (Å²) in [6.07, 6.45) is 6.09. The Morgan fingerprint density at radius 2 is 2.00 bits per heavy atom. The summed E-state index contributed by atoms with van der Waals surface area (Å²) in [4.78, 5) is 4.25. The van der Waals surface area contributed by atoms with Crippen LogP contribution in [0, 0.1) is 6.92 Å². The Hall–Kier alpha value is -1.37. The number of aryl methyl sites for hydroxylation is 1. The highest BCUT2D eigenvalue weighted by Gasteiger charge is 2.07. The molecule has 1 heterocycles. The van der Waals surface area contributed by atoms with E-state index in [1.165, 1.54) is 11.1 Å². The fourth-order valence-corrected chi connectivity index (χ4v) is 1.51. The predicted molar refractivity (Wildman–Crippen MR) is 56.4 cm³/mol. The van der Waals surface area contributed by atoms with Crippen LogP contribution in [-0.2, 0) is 0 Å². The molecule has 1 aliphatic rings. The van der Waals surface area contributed by atoms with Gasteiger partial charge in [0.15, 0.2) is 0 Å². The summed E-state index contributed by atoms with van der Waals surface area (Å²) in [5, 5.41) is 0. The molecule has 2 rings (SSSR count). The predicted octanol–water partition coefficient (Wildman–Crippen LogP) is 2.72. The van der Waals surface area contributed by atoms with Gasteiger partial charge in [0.2, 0.25) is 0 Å². The molecule has 0 fully saturated rings. The zero-order valence-corrected chi connectivity index (χ0v) is 7.77. The monoisotopic (exact) mass is 171 g/mol. The van der Waals surface area contributed by atoms with Gasteiger partial charge in [-0.2, -0.15) is 0 Å². The second kappa shape index (κ2) is 3.56. The van der Waals surface area contributed by atoms with Crippen molar-refractivity contribution < 1.29 is 0 Å². The molecule has 0 radical (unpaired) electrons. The highest BCUT2D eigenvalue weighted by molar-refractivity contribution is 5.72. The van der Waals surface area contributed by atoms with Gasteiger partial charge >= 0.3 is 0 Å². The van der Waals surface area contributed by atoms with Gasteiger partial charge in [0.25, 0.3) is 0 Å². The Morgan fingerprint density at radius 3 is 2.62 bits per heavy atom. The molecule has 1 unspecified atom stereocenters. The second-order valence-electron chi connectivity index (χ2n) is 3.42. The van der Waals surface area contributed by atoms with Crippen LogP contribution in [0.5, 0.6) is 0 Å². The Morgan fingerprint density at radius 1 is 1.23 bits per heavy atom. The highest BCUT2D eigenvalue weighted by atomic mass is 14.7. The van der Waals surface area contributed by atoms with Crippen molar-refractivity contribution in [3.63, 3.8) is 0 Å². The van der Waals surface area contributed by atoms with Gasteiger partial charge in [0.1, 0.15) is 0 Å². The van der Waals surface area contributed by atoms with Crippen molar-refractivity contribution in [2.75, 3.05) is 6.54 Å². The minimum atomic E-state index is 0.477. The summed E-state index contributed by atoms with van der Waals surface area (Å²) in [5.74, 6) is 0.477. The Bertz CT molecular complexity index is 333. The van der Waals surface area contributed by atoms with Crippen LogP contribution in [0.15, 0.2) is 41.4 Å². The van der Waals surface area contributed by atoms with Gasteiger partial charge in [0.05, 0.1) is 0 Å². The lowest BCUT2D eigenvalue weighted by Gasteiger charge is -2.12. The zero-order valence-electron chi connectivity index (χ0n) is 7.77. The number of hydrogen-bond donors (Lipinski definition) is 0. The molecule has 13 heavy (non-hydrogen) atoms. The second-order valence-corrected chi connectivity index (χ2v) is 3.42. The summed E-state index contributed by atoms with van der Waals surface area (Å²) in [6, 6.07) is 8.68. The first kappa shape index (κ1) is 8.24. The molecule has 1 aliphatic heterocycles. The standard InChI is InChI=1S/C12H13N/c1-10-4-6-11(7-5-10)12-3-2-8-13-9-12/h2-8,12H,9H2,1H3. The molecule has 0 bridgehead atoms. The van der Waals surface area contributed by atoms with E-state index in [4.69, 9.17) is 0 Å². The third-order valence-electron chi connectivity index (χ3n) is 2.34. The lowest BCUT2D eigenvalue weighted by atomic mass is 9.97. The molecule has 0 aromatic heterocycles. The Kier molecular flexibility index (Phi) is 2.26. The molecular weight excluding hydrogens is 158 g/mol. The molecule has 0 aliphatic carbocycles. The number of rotatable bonds is 1. The summed E-state index contributed by atoms with van der Waals surface area (Å²) >= 11 is 0. The number of allylic oxidation sites excluding steroid dienone is 1. The van der Waals surface area contributed by atoms with Crippen LogP contribution in [-0.4, -0.2) is 12.8 Å². The zero-order chi connectivity index (χ0) is 9.10. The first-order valence-electron chi connectivity index (χ1n) is 4.59. The Labute approximate surface area is 78.8 Å². The highest BCUT2D eigenvalue weighted by Crippen LogP contribution is 2.19. The van der Waals surface area contributed by atoms with Crippen molar-refractivity contribution in [3.05, 3.63) is 47.5 Å². The summed E-state index contributed by atoms with van der Waals surface area (Å²) in [7, 11) is 0. The molecule has 1 atom stereocenters. The summed E-state index contributed by atoms with van der Waals surface area (Å²) in [6.45, 7) is 3.00. The van der Waals surface area contributed by atoms with E-state index in [9.17, 15) is 0 Å². The van der Waals surface area contributed by atoms with E-state index in [0.717, 1.165) is 6.54 Å². The van der Waals surface area contributed by atoms with Gasteiger partial charge in [-0.15, -0.1) is 0 Å². The molecule has 1 aromatic carbocycles. The first-order valence-corrected chi connectivity index (χ1v) is 4.59. The topological polar surface area (TPSA) is 12.4 Å². The number of nitrogens with zero attached hydrogens (tertiary/aromatic N) is 1. The van der Waals surface area contributed by atoms with Crippen LogP contribution < -0.4 is 0 Å². The molecule has 1 nitrogen and oxygen atoms in total. The lowest BCUT2D eigenvalue weighted by Crippen LogP contribution is -2.02. The minimum absolute atomic E-state index is 0.477. The minimum Gasteiger partial charge on any atom is -0.292 e. The fourth-order valence-electron chi connectivity index (χ4n) is 1.51. The van der Waals surface area contributed by atoms with Gasteiger partial charge < -0.3 is 0 Å². The van der Waals surface area contributed by atoms with Crippen molar-refractivity contribution in [2.45, 2.75) is 12.8 Å². The van der Waals surface area contributed by atoms with Crippen molar-refractivity contribution in [2.24, 2.45) is 4.99 Å². The number of hydrogen-bond acceptors (Lipinski definition) is 1. The van der Waals surface area contributed by atoms with Crippen LogP contribution in [0.1, 0.15) is 17.0 Å². The van der Waals surface area contributed by atoms with Crippen LogP contribution in [0.2, 0.25) is 0 Å². The molecule has 0 spiro atoms. The van der Waals surface area contributed by atoms with Crippen molar-refractivity contribution in [1.82, 2.24) is 0 Å².